The Labute approximate surface area is 107 Å². The molecule has 0 unspecified atom stereocenters. The fourth-order valence-electron chi connectivity index (χ4n) is 2.08. The minimum Gasteiger partial charge on any atom is -0.305 e. The zero-order valence-corrected chi connectivity index (χ0v) is 11.7. The van der Waals surface area contributed by atoms with Crippen molar-refractivity contribution in [1.82, 2.24) is 0 Å². The lowest BCUT2D eigenvalue weighted by Gasteiger charge is -2.01. The van der Waals surface area contributed by atoms with Crippen molar-refractivity contribution in [2.45, 2.75) is 84.0 Å². The first kappa shape index (κ1) is 16.4. The monoisotopic (exact) mass is 241 g/mol. The predicted octanol–water partition coefficient (Wildman–Crippen LogP) is 5.01. The average molecular weight is 241 g/mol. The van der Waals surface area contributed by atoms with Crippen molar-refractivity contribution in [1.29, 1.82) is 0 Å². The van der Waals surface area contributed by atoms with Gasteiger partial charge in [-0.3, -0.25) is 0 Å². The Morgan fingerprint density at radius 3 is 1.47 bits per heavy atom. The summed E-state index contributed by atoms with van der Waals surface area (Å²) in [5.74, 6) is 4.93. The van der Waals surface area contributed by atoms with Crippen molar-refractivity contribution in [3.63, 3.8) is 0 Å². The second-order valence-corrected chi connectivity index (χ2v) is 4.87. The molecule has 0 fully saturated rings. The Morgan fingerprint density at radius 1 is 0.647 bits per heavy atom. The Hall–Kier alpha value is -0.600. The molecular formula is C14H31N3. The van der Waals surface area contributed by atoms with Gasteiger partial charge in [-0.1, -0.05) is 82.8 Å². The van der Waals surface area contributed by atoms with Crippen LogP contribution in [0.4, 0.5) is 0 Å². The van der Waals surface area contributed by atoms with Gasteiger partial charge in [0.2, 0.25) is 0 Å². The minimum absolute atomic E-state index is 0.800. The number of rotatable bonds is 13. The van der Waals surface area contributed by atoms with E-state index in [-0.39, 0.29) is 0 Å². The van der Waals surface area contributed by atoms with Crippen LogP contribution in [0.25, 0.3) is 0 Å². The Kier molecular flexibility index (Phi) is 14.9. The van der Waals surface area contributed by atoms with Gasteiger partial charge < -0.3 is 5.84 Å². The maximum Gasteiger partial charge on any atom is 0.0620 e. The first-order chi connectivity index (χ1) is 8.41. The summed E-state index contributed by atoms with van der Waals surface area (Å²) in [6.07, 6.45) is 16.5. The van der Waals surface area contributed by atoms with Crippen molar-refractivity contribution in [3.05, 3.63) is 0 Å². The molecule has 0 saturated heterocycles. The quantitative estimate of drug-likeness (QED) is 0.209. The molecule has 3 nitrogen and oxygen atoms in total. The molecule has 0 radical (unpaired) electrons. The lowest BCUT2D eigenvalue weighted by molar-refractivity contribution is 0.544. The lowest BCUT2D eigenvalue weighted by Crippen LogP contribution is -1.85. The van der Waals surface area contributed by atoms with Gasteiger partial charge in [-0.2, -0.15) is 5.11 Å². The first-order valence-corrected chi connectivity index (χ1v) is 7.48. The zero-order valence-electron chi connectivity index (χ0n) is 11.7. The molecule has 0 aliphatic rings. The summed E-state index contributed by atoms with van der Waals surface area (Å²) in [7, 11) is 0. The van der Waals surface area contributed by atoms with Crippen LogP contribution in [0.1, 0.15) is 84.0 Å². The summed E-state index contributed by atoms with van der Waals surface area (Å²) < 4.78 is 0. The second-order valence-electron chi connectivity index (χ2n) is 4.87. The van der Waals surface area contributed by atoms with E-state index in [1.165, 1.54) is 70.6 Å². The highest BCUT2D eigenvalue weighted by molar-refractivity contribution is 4.49. The summed E-state index contributed by atoms with van der Waals surface area (Å²) in [5.41, 5.74) is 0. The van der Waals surface area contributed by atoms with Crippen molar-refractivity contribution in [2.24, 2.45) is 16.2 Å². The van der Waals surface area contributed by atoms with Crippen LogP contribution in [0.2, 0.25) is 0 Å². The number of hydrogen-bond acceptors (Lipinski definition) is 2. The molecule has 2 N–H and O–H groups in total. The van der Waals surface area contributed by atoms with Gasteiger partial charge in [0.05, 0.1) is 6.54 Å². The van der Waals surface area contributed by atoms with Gasteiger partial charge in [0, 0.05) is 0 Å². The molecule has 3 heteroatoms. The molecule has 102 valence electrons. The van der Waals surface area contributed by atoms with E-state index < -0.39 is 0 Å². The van der Waals surface area contributed by atoms with Gasteiger partial charge in [0.15, 0.2) is 0 Å². The van der Waals surface area contributed by atoms with E-state index in [1.807, 2.05) is 0 Å². The van der Waals surface area contributed by atoms with Crippen LogP contribution in [0.5, 0.6) is 0 Å². The van der Waals surface area contributed by atoms with Crippen LogP contribution >= 0.6 is 0 Å². The Morgan fingerprint density at radius 2 is 1.06 bits per heavy atom. The van der Waals surface area contributed by atoms with Gasteiger partial charge >= 0.3 is 0 Å². The van der Waals surface area contributed by atoms with Gasteiger partial charge in [0.25, 0.3) is 0 Å². The van der Waals surface area contributed by atoms with E-state index in [9.17, 15) is 0 Å². The van der Waals surface area contributed by atoms with Crippen molar-refractivity contribution < 1.29 is 0 Å². The van der Waals surface area contributed by atoms with Crippen LogP contribution in [0.15, 0.2) is 10.3 Å². The largest absolute Gasteiger partial charge is 0.305 e. The van der Waals surface area contributed by atoms with Crippen LogP contribution < -0.4 is 5.84 Å². The molecular weight excluding hydrogens is 210 g/mol. The number of nitrogens with two attached hydrogens (primary N) is 1. The standard InChI is InChI=1S/C14H31N3/c1-2-3-4-5-6-7-8-9-10-11-12-13-14-16-17-15/h2-14H2,1H3,(H2,15,16). The number of hydrogen-bond donors (Lipinski definition) is 1. The summed E-state index contributed by atoms with van der Waals surface area (Å²) in [6.45, 7) is 3.07. The highest BCUT2D eigenvalue weighted by Crippen LogP contribution is 2.11. The summed E-state index contributed by atoms with van der Waals surface area (Å²) in [4.78, 5) is 0. The summed E-state index contributed by atoms with van der Waals surface area (Å²) in [5, 5.41) is 7.01. The third kappa shape index (κ3) is 15.4. The molecule has 17 heavy (non-hydrogen) atoms. The van der Waals surface area contributed by atoms with Gasteiger partial charge in [-0.15, -0.1) is 0 Å². The molecule has 0 aromatic carbocycles. The van der Waals surface area contributed by atoms with Gasteiger partial charge in [-0.25, -0.2) is 0 Å². The fourth-order valence-corrected chi connectivity index (χ4v) is 2.08. The molecule has 0 bridgehead atoms. The normalized spacial score (nSPS) is 11.4. The average Bonchev–Trinajstić information content (AvgIpc) is 2.35. The molecule has 0 aromatic rings. The molecule has 0 saturated carbocycles. The van der Waals surface area contributed by atoms with E-state index in [4.69, 9.17) is 5.84 Å². The van der Waals surface area contributed by atoms with Crippen LogP contribution in [-0.2, 0) is 0 Å². The molecule has 0 heterocycles. The molecule has 0 rings (SSSR count). The highest BCUT2D eigenvalue weighted by Gasteiger charge is 1.92. The second kappa shape index (κ2) is 15.4. The van der Waals surface area contributed by atoms with E-state index in [1.54, 1.807) is 0 Å². The van der Waals surface area contributed by atoms with Crippen LogP contribution in [0.3, 0.4) is 0 Å². The van der Waals surface area contributed by atoms with Crippen molar-refractivity contribution in [3.8, 4) is 0 Å². The Bertz CT molecular complexity index is 158. The molecule has 0 aliphatic heterocycles. The molecule has 0 amide bonds. The predicted molar refractivity (Wildman–Crippen MR) is 75.0 cm³/mol. The topological polar surface area (TPSA) is 50.7 Å². The molecule has 0 spiro atoms. The minimum atomic E-state index is 0.800. The first-order valence-electron chi connectivity index (χ1n) is 7.48. The van der Waals surface area contributed by atoms with E-state index in [2.05, 4.69) is 17.3 Å². The van der Waals surface area contributed by atoms with Crippen molar-refractivity contribution >= 4 is 0 Å². The SMILES string of the molecule is CCCCCCCCCCCCCCN=NN. The fraction of sp³-hybridized carbons (Fsp3) is 1.00. The maximum absolute atomic E-state index is 4.93. The molecule has 0 aromatic heterocycles. The summed E-state index contributed by atoms with van der Waals surface area (Å²) in [6, 6.07) is 0. The summed E-state index contributed by atoms with van der Waals surface area (Å²) >= 11 is 0. The van der Waals surface area contributed by atoms with Crippen LogP contribution in [-0.4, -0.2) is 6.54 Å². The van der Waals surface area contributed by atoms with Crippen LogP contribution in [0, 0.1) is 0 Å². The van der Waals surface area contributed by atoms with E-state index in [0.717, 1.165) is 13.0 Å². The lowest BCUT2D eigenvalue weighted by atomic mass is 10.1. The zero-order chi connectivity index (χ0) is 12.6. The number of nitrogens with zero attached hydrogens (tertiary/aromatic N) is 2. The maximum atomic E-state index is 4.93. The van der Waals surface area contributed by atoms with E-state index >= 15 is 0 Å². The van der Waals surface area contributed by atoms with Crippen molar-refractivity contribution in [2.75, 3.05) is 6.54 Å². The van der Waals surface area contributed by atoms with Gasteiger partial charge in [-0.05, 0) is 6.42 Å². The third-order valence-corrected chi connectivity index (χ3v) is 3.19. The third-order valence-electron chi connectivity index (χ3n) is 3.19. The highest BCUT2D eigenvalue weighted by atomic mass is 15.3. The van der Waals surface area contributed by atoms with E-state index in [0.29, 0.717) is 0 Å². The molecule has 0 aliphatic carbocycles. The molecule has 0 atom stereocenters. The number of unbranched alkanes of at least 4 members (excludes halogenated alkanes) is 11. The van der Waals surface area contributed by atoms with Gasteiger partial charge in [0.1, 0.15) is 0 Å². The smallest absolute Gasteiger partial charge is 0.0620 e. The Balaban J connectivity index is 2.89.